The zero-order valence-electron chi connectivity index (χ0n) is 12.2. The zero-order chi connectivity index (χ0) is 17.6. The fraction of sp³-hybridized carbons (Fsp3) is 0.500. The van der Waals surface area contributed by atoms with Crippen LogP contribution in [0.25, 0.3) is 0 Å². The molecule has 1 heterocycles. The lowest BCUT2D eigenvalue weighted by Crippen LogP contribution is -2.42. The fourth-order valence-electron chi connectivity index (χ4n) is 1.43. The molecule has 1 aromatic rings. The van der Waals surface area contributed by atoms with Crippen molar-refractivity contribution in [2.45, 2.75) is 26.1 Å². The lowest BCUT2D eigenvalue weighted by atomic mass is 10.3. The first-order chi connectivity index (χ1) is 10.6. The Hall–Kier alpha value is -2.10. The maximum absolute atomic E-state index is 12.0. The van der Waals surface area contributed by atoms with Gasteiger partial charge in [0.05, 0.1) is 6.61 Å². The highest BCUT2D eigenvalue weighted by molar-refractivity contribution is 6.28. The van der Waals surface area contributed by atoms with Crippen molar-refractivity contribution in [3.8, 4) is 0 Å². The van der Waals surface area contributed by atoms with Crippen molar-refractivity contribution >= 4 is 29.3 Å². The second kappa shape index (κ2) is 7.95. The van der Waals surface area contributed by atoms with Gasteiger partial charge in [-0.2, -0.15) is 13.2 Å². The average molecular weight is 355 g/mol. The lowest BCUT2D eigenvalue weighted by molar-refractivity contribution is -0.138. The van der Waals surface area contributed by atoms with E-state index in [2.05, 4.69) is 15.3 Å². The number of rotatable bonds is 6. The Balaban J connectivity index is 2.76. The molecule has 0 spiro atoms. The van der Waals surface area contributed by atoms with Gasteiger partial charge < -0.3 is 15.4 Å². The quantitative estimate of drug-likeness (QED) is 0.597. The molecule has 0 unspecified atom stereocenters. The summed E-state index contributed by atoms with van der Waals surface area (Å²) in [4.78, 5) is 30.5. The molecular weight excluding hydrogens is 341 g/mol. The molecule has 11 heteroatoms. The summed E-state index contributed by atoms with van der Waals surface area (Å²) in [6.45, 7) is 1.61. The SMILES string of the molecule is CCOC(=O)c1cc(N[C@@H](C)C(=O)NCC(F)(F)F)nc(Cl)n1. The van der Waals surface area contributed by atoms with Gasteiger partial charge >= 0.3 is 12.1 Å². The van der Waals surface area contributed by atoms with E-state index in [-0.39, 0.29) is 23.4 Å². The van der Waals surface area contributed by atoms with Gasteiger partial charge in [0, 0.05) is 6.07 Å². The van der Waals surface area contributed by atoms with Crippen molar-refractivity contribution < 1.29 is 27.5 Å². The first-order valence-corrected chi connectivity index (χ1v) is 6.83. The molecule has 1 atom stereocenters. The van der Waals surface area contributed by atoms with Gasteiger partial charge in [-0.15, -0.1) is 0 Å². The van der Waals surface area contributed by atoms with Crippen LogP contribution in [-0.4, -0.2) is 47.2 Å². The summed E-state index contributed by atoms with van der Waals surface area (Å²) in [6.07, 6.45) is -4.51. The van der Waals surface area contributed by atoms with Crippen LogP contribution in [0, 0.1) is 0 Å². The molecule has 2 N–H and O–H groups in total. The molecule has 1 rings (SSSR count). The van der Waals surface area contributed by atoms with Crippen LogP contribution in [0.1, 0.15) is 24.3 Å². The third kappa shape index (κ3) is 6.68. The average Bonchev–Trinajstić information content (AvgIpc) is 2.43. The van der Waals surface area contributed by atoms with E-state index < -0.39 is 30.6 Å². The number of hydrogen-bond donors (Lipinski definition) is 2. The van der Waals surface area contributed by atoms with Crippen LogP contribution in [0.15, 0.2) is 6.07 Å². The first kappa shape index (κ1) is 18.9. The maximum atomic E-state index is 12.0. The van der Waals surface area contributed by atoms with Crippen molar-refractivity contribution in [1.82, 2.24) is 15.3 Å². The number of carbonyl (C=O) groups is 2. The molecule has 0 radical (unpaired) electrons. The summed E-state index contributed by atoms with van der Waals surface area (Å²) in [5, 5.41) is 3.98. The Morgan fingerprint density at radius 2 is 2.04 bits per heavy atom. The first-order valence-electron chi connectivity index (χ1n) is 6.45. The number of nitrogens with one attached hydrogen (secondary N) is 2. The molecule has 128 valence electrons. The Morgan fingerprint density at radius 3 is 2.61 bits per heavy atom. The highest BCUT2D eigenvalue weighted by Gasteiger charge is 2.28. The van der Waals surface area contributed by atoms with Crippen LogP contribution in [-0.2, 0) is 9.53 Å². The largest absolute Gasteiger partial charge is 0.461 e. The Morgan fingerprint density at radius 1 is 1.39 bits per heavy atom. The zero-order valence-corrected chi connectivity index (χ0v) is 13.0. The topological polar surface area (TPSA) is 93.2 Å². The molecule has 0 aromatic carbocycles. The van der Waals surface area contributed by atoms with Gasteiger partial charge in [0.2, 0.25) is 11.2 Å². The van der Waals surface area contributed by atoms with Crippen molar-refractivity contribution in [3.05, 3.63) is 17.0 Å². The minimum absolute atomic E-state index is 0.00251. The summed E-state index contributed by atoms with van der Waals surface area (Å²) in [5.41, 5.74) is -0.141. The van der Waals surface area contributed by atoms with E-state index >= 15 is 0 Å². The van der Waals surface area contributed by atoms with Gasteiger partial charge in [0.1, 0.15) is 18.4 Å². The van der Waals surface area contributed by atoms with Crippen LogP contribution in [0.4, 0.5) is 19.0 Å². The van der Waals surface area contributed by atoms with Gasteiger partial charge in [0.15, 0.2) is 5.69 Å². The van der Waals surface area contributed by atoms with E-state index in [9.17, 15) is 22.8 Å². The van der Waals surface area contributed by atoms with Gasteiger partial charge in [-0.25, -0.2) is 14.8 Å². The molecule has 0 aliphatic carbocycles. The standard InChI is InChI=1S/C12H14ClF3N4O3/c1-3-23-10(22)7-4-8(20-11(13)19-7)18-6(2)9(21)17-5-12(14,15)16/h4,6H,3,5H2,1-2H3,(H,17,21)(H,18,19,20)/t6-/m0/s1. The van der Waals surface area contributed by atoms with E-state index in [1.54, 1.807) is 12.2 Å². The van der Waals surface area contributed by atoms with Crippen LogP contribution >= 0.6 is 11.6 Å². The van der Waals surface area contributed by atoms with Gasteiger partial charge in [-0.3, -0.25) is 4.79 Å². The molecule has 23 heavy (non-hydrogen) atoms. The molecule has 7 nitrogen and oxygen atoms in total. The Kier molecular flexibility index (Phi) is 6.55. The molecule has 0 aliphatic heterocycles. The molecule has 0 saturated carbocycles. The highest BCUT2D eigenvalue weighted by atomic mass is 35.5. The molecule has 1 amide bonds. The minimum Gasteiger partial charge on any atom is -0.461 e. The second-order valence-electron chi connectivity index (χ2n) is 4.33. The van der Waals surface area contributed by atoms with Crippen molar-refractivity contribution in [2.24, 2.45) is 0 Å². The van der Waals surface area contributed by atoms with E-state index in [0.717, 1.165) is 0 Å². The van der Waals surface area contributed by atoms with Gasteiger partial charge in [-0.05, 0) is 25.4 Å². The molecule has 1 aromatic heterocycles. The number of anilines is 1. The number of alkyl halides is 3. The van der Waals surface area contributed by atoms with Crippen molar-refractivity contribution in [1.29, 1.82) is 0 Å². The Bertz CT molecular complexity index is 583. The van der Waals surface area contributed by atoms with E-state index in [1.165, 1.54) is 13.0 Å². The summed E-state index contributed by atoms with van der Waals surface area (Å²) < 4.78 is 40.9. The van der Waals surface area contributed by atoms with Crippen LogP contribution in [0.2, 0.25) is 5.28 Å². The normalized spacial score (nSPS) is 12.4. The van der Waals surface area contributed by atoms with Crippen LogP contribution < -0.4 is 10.6 Å². The van der Waals surface area contributed by atoms with Gasteiger partial charge in [-0.1, -0.05) is 0 Å². The minimum atomic E-state index is -4.51. The Labute approximate surface area is 134 Å². The summed E-state index contributed by atoms with van der Waals surface area (Å²) in [6, 6.07) is 0.135. The molecule has 0 aliphatic rings. The van der Waals surface area contributed by atoms with Crippen LogP contribution in [0.5, 0.6) is 0 Å². The van der Waals surface area contributed by atoms with Crippen LogP contribution in [0.3, 0.4) is 0 Å². The summed E-state index contributed by atoms with van der Waals surface area (Å²) in [5.74, 6) is -1.63. The number of nitrogens with zero attached hydrogens (tertiary/aromatic N) is 2. The number of carbonyl (C=O) groups excluding carboxylic acids is 2. The van der Waals surface area contributed by atoms with Crippen molar-refractivity contribution in [3.63, 3.8) is 0 Å². The lowest BCUT2D eigenvalue weighted by Gasteiger charge is -2.16. The molecule has 0 bridgehead atoms. The van der Waals surface area contributed by atoms with Gasteiger partial charge in [0.25, 0.3) is 0 Å². The fourth-order valence-corrected chi connectivity index (χ4v) is 1.61. The van der Waals surface area contributed by atoms with E-state index in [4.69, 9.17) is 16.3 Å². The third-order valence-corrected chi connectivity index (χ3v) is 2.57. The molecule has 0 saturated heterocycles. The summed E-state index contributed by atoms with van der Waals surface area (Å²) in [7, 11) is 0. The molecule has 0 fully saturated rings. The number of halogens is 4. The summed E-state index contributed by atoms with van der Waals surface area (Å²) >= 11 is 5.66. The number of hydrogen-bond acceptors (Lipinski definition) is 6. The van der Waals surface area contributed by atoms with E-state index in [0.29, 0.717) is 0 Å². The van der Waals surface area contributed by atoms with E-state index in [1.807, 2.05) is 0 Å². The second-order valence-corrected chi connectivity index (χ2v) is 4.66. The number of aromatic nitrogens is 2. The highest BCUT2D eigenvalue weighted by Crippen LogP contribution is 2.14. The third-order valence-electron chi connectivity index (χ3n) is 2.40. The van der Waals surface area contributed by atoms with Crippen molar-refractivity contribution in [2.75, 3.05) is 18.5 Å². The molecular formula is C12H14ClF3N4O3. The predicted octanol–water partition coefficient (Wildman–Crippen LogP) is 1.79. The predicted molar refractivity (Wildman–Crippen MR) is 75.1 cm³/mol. The number of esters is 1. The maximum Gasteiger partial charge on any atom is 0.405 e. The number of amides is 1. The smallest absolute Gasteiger partial charge is 0.405 e. The number of ether oxygens (including phenoxy) is 1. The monoisotopic (exact) mass is 354 g/mol.